The van der Waals surface area contributed by atoms with Crippen LogP contribution in [0, 0.1) is 0 Å². The van der Waals surface area contributed by atoms with Gasteiger partial charge in [-0.05, 0) is 12.0 Å². The Morgan fingerprint density at radius 1 is 1.00 bits per heavy atom. The van der Waals surface area contributed by atoms with Gasteiger partial charge in [-0.3, -0.25) is 0 Å². The molecule has 0 atom stereocenters. The van der Waals surface area contributed by atoms with Gasteiger partial charge in [-0.15, -0.1) is 0 Å². The SMILES string of the molecule is c1ccc(CCn2cnc3c(N4CCOCC4)ncnc32)cc1. The van der Waals surface area contributed by atoms with Crippen molar-refractivity contribution in [1.29, 1.82) is 0 Å². The maximum Gasteiger partial charge on any atom is 0.165 e. The minimum Gasteiger partial charge on any atom is -0.378 e. The van der Waals surface area contributed by atoms with Crippen molar-refractivity contribution in [2.24, 2.45) is 0 Å². The maximum atomic E-state index is 5.42. The van der Waals surface area contributed by atoms with Crippen molar-refractivity contribution in [3.05, 3.63) is 48.5 Å². The number of hydrogen-bond donors (Lipinski definition) is 0. The third-order valence-corrected chi connectivity index (χ3v) is 4.18. The van der Waals surface area contributed by atoms with Gasteiger partial charge in [-0.2, -0.15) is 0 Å². The van der Waals surface area contributed by atoms with Gasteiger partial charge in [0.05, 0.1) is 19.5 Å². The lowest BCUT2D eigenvalue weighted by Gasteiger charge is -2.27. The number of aromatic nitrogens is 4. The molecule has 1 aliphatic rings. The molecular weight excluding hydrogens is 290 g/mol. The Balaban J connectivity index is 1.59. The van der Waals surface area contributed by atoms with Crippen LogP contribution >= 0.6 is 0 Å². The fraction of sp³-hybridized carbons (Fsp3) is 0.353. The highest BCUT2D eigenvalue weighted by atomic mass is 16.5. The summed E-state index contributed by atoms with van der Waals surface area (Å²) in [6, 6.07) is 10.5. The lowest BCUT2D eigenvalue weighted by atomic mass is 10.1. The molecular formula is C17H19N5O. The van der Waals surface area contributed by atoms with Crippen molar-refractivity contribution in [3.63, 3.8) is 0 Å². The topological polar surface area (TPSA) is 56.1 Å². The number of hydrogen-bond acceptors (Lipinski definition) is 5. The second kappa shape index (κ2) is 6.34. The van der Waals surface area contributed by atoms with Gasteiger partial charge in [0, 0.05) is 19.6 Å². The predicted molar refractivity (Wildman–Crippen MR) is 88.5 cm³/mol. The summed E-state index contributed by atoms with van der Waals surface area (Å²) in [6.07, 6.45) is 4.46. The first-order chi connectivity index (χ1) is 11.4. The zero-order valence-electron chi connectivity index (χ0n) is 12.9. The van der Waals surface area contributed by atoms with E-state index in [1.54, 1.807) is 6.33 Å². The molecule has 118 valence electrons. The van der Waals surface area contributed by atoms with Gasteiger partial charge in [0.25, 0.3) is 0 Å². The summed E-state index contributed by atoms with van der Waals surface area (Å²) in [4.78, 5) is 15.7. The summed E-state index contributed by atoms with van der Waals surface area (Å²) in [5.41, 5.74) is 3.09. The number of morpholine rings is 1. The lowest BCUT2D eigenvalue weighted by Crippen LogP contribution is -2.36. The molecule has 0 unspecified atom stereocenters. The highest BCUT2D eigenvalue weighted by Crippen LogP contribution is 2.22. The van der Waals surface area contributed by atoms with Crippen molar-refractivity contribution in [3.8, 4) is 0 Å². The van der Waals surface area contributed by atoms with E-state index < -0.39 is 0 Å². The van der Waals surface area contributed by atoms with Gasteiger partial charge in [0.1, 0.15) is 6.33 Å². The number of rotatable bonds is 4. The highest BCUT2D eigenvalue weighted by Gasteiger charge is 2.18. The third-order valence-electron chi connectivity index (χ3n) is 4.18. The fourth-order valence-corrected chi connectivity index (χ4v) is 2.93. The second-order valence-electron chi connectivity index (χ2n) is 5.64. The molecule has 0 amide bonds. The monoisotopic (exact) mass is 309 g/mol. The number of aryl methyl sites for hydroxylation is 2. The van der Waals surface area contributed by atoms with Gasteiger partial charge < -0.3 is 14.2 Å². The van der Waals surface area contributed by atoms with Crippen LogP contribution in [0.4, 0.5) is 5.82 Å². The van der Waals surface area contributed by atoms with E-state index >= 15 is 0 Å². The lowest BCUT2D eigenvalue weighted by molar-refractivity contribution is 0.122. The number of benzene rings is 1. The molecule has 23 heavy (non-hydrogen) atoms. The van der Waals surface area contributed by atoms with Crippen LogP contribution in [0.2, 0.25) is 0 Å². The molecule has 3 aromatic rings. The summed E-state index contributed by atoms with van der Waals surface area (Å²) < 4.78 is 7.52. The van der Waals surface area contributed by atoms with Gasteiger partial charge in [0.2, 0.25) is 0 Å². The second-order valence-corrected chi connectivity index (χ2v) is 5.64. The van der Waals surface area contributed by atoms with Crippen LogP contribution in [0.3, 0.4) is 0 Å². The van der Waals surface area contributed by atoms with Gasteiger partial charge >= 0.3 is 0 Å². The number of nitrogens with zero attached hydrogens (tertiary/aromatic N) is 5. The highest BCUT2D eigenvalue weighted by molar-refractivity contribution is 5.83. The Labute approximate surface area is 134 Å². The Hall–Kier alpha value is -2.47. The van der Waals surface area contributed by atoms with Crippen molar-refractivity contribution in [2.45, 2.75) is 13.0 Å². The standard InChI is InChI=1S/C17H19N5O/c1-2-4-14(5-3-1)6-7-22-13-20-15-16(18-12-19-17(15)22)21-8-10-23-11-9-21/h1-5,12-13H,6-11H2. The summed E-state index contributed by atoms with van der Waals surface area (Å²) in [5, 5.41) is 0. The smallest absolute Gasteiger partial charge is 0.165 e. The Morgan fingerprint density at radius 3 is 2.65 bits per heavy atom. The molecule has 0 saturated carbocycles. The van der Waals surface area contributed by atoms with Gasteiger partial charge in [-0.1, -0.05) is 30.3 Å². The molecule has 0 radical (unpaired) electrons. The molecule has 3 heterocycles. The van der Waals surface area contributed by atoms with Crippen LogP contribution in [0.5, 0.6) is 0 Å². The van der Waals surface area contributed by atoms with E-state index in [0.717, 1.165) is 56.3 Å². The number of fused-ring (bicyclic) bond motifs is 1. The predicted octanol–water partition coefficient (Wildman–Crippen LogP) is 1.91. The molecule has 0 bridgehead atoms. The van der Waals surface area contributed by atoms with Crippen molar-refractivity contribution >= 4 is 17.0 Å². The molecule has 6 nitrogen and oxygen atoms in total. The quantitative estimate of drug-likeness (QED) is 0.737. The zero-order valence-corrected chi connectivity index (χ0v) is 12.9. The number of anilines is 1. The summed E-state index contributed by atoms with van der Waals surface area (Å²) in [6.45, 7) is 4.03. The molecule has 6 heteroatoms. The molecule has 1 fully saturated rings. The molecule has 1 saturated heterocycles. The van der Waals surface area contributed by atoms with E-state index in [9.17, 15) is 0 Å². The van der Waals surface area contributed by atoms with E-state index in [-0.39, 0.29) is 0 Å². The Morgan fingerprint density at radius 2 is 1.83 bits per heavy atom. The van der Waals surface area contributed by atoms with Crippen LogP contribution < -0.4 is 4.90 Å². The van der Waals surface area contributed by atoms with E-state index in [0.29, 0.717) is 0 Å². The average Bonchev–Trinajstić information content (AvgIpc) is 3.05. The normalized spacial score (nSPS) is 15.2. The van der Waals surface area contributed by atoms with E-state index in [2.05, 4.69) is 48.7 Å². The Kier molecular flexibility index (Phi) is 3.90. The Bertz CT molecular complexity index is 780. The van der Waals surface area contributed by atoms with Crippen molar-refractivity contribution in [2.75, 3.05) is 31.2 Å². The van der Waals surface area contributed by atoms with Crippen LogP contribution in [-0.4, -0.2) is 45.8 Å². The van der Waals surface area contributed by atoms with Crippen LogP contribution in [0.25, 0.3) is 11.2 Å². The van der Waals surface area contributed by atoms with Crippen molar-refractivity contribution in [1.82, 2.24) is 19.5 Å². The molecule has 1 aromatic carbocycles. The largest absolute Gasteiger partial charge is 0.378 e. The third kappa shape index (κ3) is 2.90. The zero-order chi connectivity index (χ0) is 15.5. The number of ether oxygens (including phenoxy) is 1. The number of imidazole rings is 1. The average molecular weight is 309 g/mol. The van der Waals surface area contributed by atoms with Gasteiger partial charge in [0.15, 0.2) is 17.0 Å². The summed E-state index contributed by atoms with van der Waals surface area (Å²) in [5.74, 6) is 0.914. The molecule has 1 aliphatic heterocycles. The van der Waals surface area contributed by atoms with Crippen LogP contribution in [-0.2, 0) is 17.7 Å². The van der Waals surface area contributed by atoms with Crippen LogP contribution in [0.1, 0.15) is 5.56 Å². The molecule has 0 aliphatic carbocycles. The van der Waals surface area contributed by atoms with Gasteiger partial charge in [-0.25, -0.2) is 15.0 Å². The minimum absolute atomic E-state index is 0.736. The fourth-order valence-electron chi connectivity index (χ4n) is 2.93. The molecule has 0 N–H and O–H groups in total. The molecule has 4 rings (SSSR count). The minimum atomic E-state index is 0.736. The molecule has 2 aromatic heterocycles. The summed E-state index contributed by atoms with van der Waals surface area (Å²) in [7, 11) is 0. The first-order valence-electron chi connectivity index (χ1n) is 7.94. The van der Waals surface area contributed by atoms with E-state index in [4.69, 9.17) is 4.74 Å². The van der Waals surface area contributed by atoms with Crippen molar-refractivity contribution < 1.29 is 4.74 Å². The summed E-state index contributed by atoms with van der Waals surface area (Å²) >= 11 is 0. The van der Waals surface area contributed by atoms with E-state index in [1.165, 1.54) is 5.56 Å². The maximum absolute atomic E-state index is 5.42. The molecule has 0 spiro atoms. The van der Waals surface area contributed by atoms with E-state index in [1.807, 2.05) is 12.4 Å². The first-order valence-corrected chi connectivity index (χ1v) is 7.94. The van der Waals surface area contributed by atoms with Crippen LogP contribution in [0.15, 0.2) is 43.0 Å². The first kappa shape index (κ1) is 14.1.